The molecule has 1 aliphatic heterocycles. The minimum absolute atomic E-state index is 0.0215. The Morgan fingerprint density at radius 2 is 1.87 bits per heavy atom. The molecular formula is C29H26BrCl2F3N2O6S2. The van der Waals surface area contributed by atoms with E-state index >= 15 is 0 Å². The molecule has 2 aliphatic rings. The van der Waals surface area contributed by atoms with Crippen LogP contribution in [0, 0.1) is 18.7 Å². The summed E-state index contributed by atoms with van der Waals surface area (Å²) in [4.78, 5) is 17.1. The first-order valence-electron chi connectivity index (χ1n) is 13.6. The van der Waals surface area contributed by atoms with Crippen LogP contribution in [-0.2, 0) is 26.0 Å². The second kappa shape index (κ2) is 14.3. The first-order valence-corrected chi connectivity index (χ1v) is 17.7. The Bertz CT molecular complexity index is 1680. The summed E-state index contributed by atoms with van der Waals surface area (Å²) in [5, 5.41) is -0.963. The fraction of sp³-hybridized carbons (Fsp3) is 0.379. The molecule has 2 heterocycles. The van der Waals surface area contributed by atoms with Gasteiger partial charge in [-0.25, -0.2) is 17.6 Å². The van der Waals surface area contributed by atoms with E-state index in [1.807, 2.05) is 0 Å². The van der Waals surface area contributed by atoms with Crippen molar-refractivity contribution >= 4 is 66.9 Å². The van der Waals surface area contributed by atoms with Gasteiger partial charge in [-0.2, -0.15) is 13.1 Å². The summed E-state index contributed by atoms with van der Waals surface area (Å²) in [5.74, 6) is -1.52. The minimum atomic E-state index is -4.45. The summed E-state index contributed by atoms with van der Waals surface area (Å²) in [6.07, 6.45) is 3.42. The lowest BCUT2D eigenvalue weighted by Crippen LogP contribution is -2.41. The Balaban J connectivity index is 1.47. The van der Waals surface area contributed by atoms with Crippen LogP contribution < -0.4 is 9.47 Å². The van der Waals surface area contributed by atoms with Crippen molar-refractivity contribution in [1.29, 1.82) is 0 Å². The Labute approximate surface area is 280 Å². The van der Waals surface area contributed by atoms with E-state index in [0.29, 0.717) is 27.1 Å². The highest BCUT2D eigenvalue weighted by Crippen LogP contribution is 2.39. The van der Waals surface area contributed by atoms with Crippen LogP contribution >= 0.6 is 50.9 Å². The quantitative estimate of drug-likeness (QED) is 0.174. The van der Waals surface area contributed by atoms with E-state index in [-0.39, 0.29) is 46.9 Å². The molecule has 8 nitrogen and oxygen atoms in total. The van der Waals surface area contributed by atoms with Crippen molar-refractivity contribution in [2.75, 3.05) is 18.9 Å². The van der Waals surface area contributed by atoms with Crippen molar-refractivity contribution in [2.24, 2.45) is 5.92 Å². The number of ether oxygens (including phenoxy) is 3. The van der Waals surface area contributed by atoms with Gasteiger partial charge in [0.25, 0.3) is 0 Å². The number of halogens is 6. The molecule has 45 heavy (non-hydrogen) atoms. The lowest BCUT2D eigenvalue weighted by atomic mass is 10.0. The predicted octanol–water partition coefficient (Wildman–Crippen LogP) is 7.58. The van der Waals surface area contributed by atoms with Crippen molar-refractivity contribution in [1.82, 2.24) is 9.29 Å². The van der Waals surface area contributed by atoms with Gasteiger partial charge in [0.15, 0.2) is 16.9 Å². The molecule has 2 fully saturated rings. The number of sulfonamides is 1. The summed E-state index contributed by atoms with van der Waals surface area (Å²) >= 11 is 17.0. The van der Waals surface area contributed by atoms with Crippen LogP contribution in [0.5, 0.6) is 11.5 Å². The molecular weight excluding hydrogens is 744 g/mol. The number of aromatic nitrogens is 1. The van der Waals surface area contributed by atoms with E-state index in [1.54, 1.807) is 6.92 Å². The van der Waals surface area contributed by atoms with Gasteiger partial charge in [0.1, 0.15) is 16.8 Å². The molecule has 1 saturated carbocycles. The van der Waals surface area contributed by atoms with Crippen LogP contribution in [0.3, 0.4) is 0 Å². The lowest BCUT2D eigenvalue weighted by molar-refractivity contribution is -0.150. The second-order valence-corrected chi connectivity index (χ2v) is 15.1. The average molecular weight is 770 g/mol. The van der Waals surface area contributed by atoms with Gasteiger partial charge in [-0.3, -0.25) is 4.98 Å². The molecule has 0 N–H and O–H groups in total. The van der Waals surface area contributed by atoms with Gasteiger partial charge < -0.3 is 14.2 Å². The first-order chi connectivity index (χ1) is 21.3. The van der Waals surface area contributed by atoms with Gasteiger partial charge in [-0.1, -0.05) is 45.2 Å². The number of hydrogen-bond acceptors (Lipinski definition) is 8. The number of pyridine rings is 1. The van der Waals surface area contributed by atoms with Gasteiger partial charge in [-0.05, 0) is 66.6 Å². The van der Waals surface area contributed by atoms with Crippen LogP contribution in [0.4, 0.5) is 13.2 Å². The molecule has 16 heteroatoms. The molecule has 242 valence electrons. The maximum atomic E-state index is 14.9. The van der Waals surface area contributed by atoms with Crippen LogP contribution in [0.15, 0.2) is 52.1 Å². The number of esters is 1. The summed E-state index contributed by atoms with van der Waals surface area (Å²) in [5.41, 5.74) is 1.20. The smallest absolute Gasteiger partial charge is 0.387 e. The van der Waals surface area contributed by atoms with Crippen molar-refractivity contribution in [3.8, 4) is 11.5 Å². The molecule has 0 bridgehead atoms. The topological polar surface area (TPSA) is 95.0 Å². The molecule has 3 aromatic rings. The molecule has 0 amide bonds. The van der Waals surface area contributed by atoms with Gasteiger partial charge in [0, 0.05) is 35.6 Å². The van der Waals surface area contributed by atoms with Crippen molar-refractivity contribution in [3.63, 3.8) is 0 Å². The van der Waals surface area contributed by atoms with Crippen molar-refractivity contribution in [3.05, 3.63) is 79.8 Å². The number of rotatable bonds is 12. The summed E-state index contributed by atoms with van der Waals surface area (Å²) in [6, 6.07) is 6.39. The Hall–Kier alpha value is -2.23. The van der Waals surface area contributed by atoms with Gasteiger partial charge in [0.05, 0.1) is 16.7 Å². The number of carbonyl (C=O) groups is 1. The van der Waals surface area contributed by atoms with E-state index in [2.05, 4.69) is 25.7 Å². The van der Waals surface area contributed by atoms with Crippen molar-refractivity contribution < 1.29 is 40.6 Å². The fourth-order valence-corrected chi connectivity index (χ4v) is 8.62. The number of hydrogen-bond donors (Lipinski definition) is 0. The van der Waals surface area contributed by atoms with E-state index in [1.165, 1.54) is 36.7 Å². The number of nitrogens with zero attached hydrogens (tertiary/aromatic N) is 2. The largest absolute Gasteiger partial charge is 0.489 e. The highest BCUT2D eigenvalue weighted by molar-refractivity contribution is 9.10. The Morgan fingerprint density at radius 1 is 1.16 bits per heavy atom. The zero-order valence-electron chi connectivity index (χ0n) is 23.5. The monoisotopic (exact) mass is 768 g/mol. The SMILES string of the molecule is Cc1cc(S(=O)(=O)N2CCS[C@H]2C(=O)O[C@@H](Cc2c(Cl)cncc2Cl)c2ccc(OC(F)F)c(OCC3CC3)c2)c(F)cc1Br. The molecule has 1 aromatic heterocycles. The zero-order valence-corrected chi connectivity index (χ0v) is 28.3. The highest BCUT2D eigenvalue weighted by Gasteiger charge is 2.43. The Kier molecular flexibility index (Phi) is 10.8. The molecule has 0 unspecified atom stereocenters. The molecule has 2 aromatic carbocycles. The van der Waals surface area contributed by atoms with Crippen LogP contribution in [0.1, 0.15) is 35.6 Å². The first kappa shape index (κ1) is 34.1. The zero-order chi connectivity index (χ0) is 32.5. The third-order valence-corrected chi connectivity index (χ3v) is 11.9. The summed E-state index contributed by atoms with van der Waals surface area (Å²) in [6.45, 7) is -1.26. The molecule has 2 atom stereocenters. The van der Waals surface area contributed by atoms with Crippen LogP contribution in [0.2, 0.25) is 10.0 Å². The summed E-state index contributed by atoms with van der Waals surface area (Å²) in [7, 11) is -4.45. The van der Waals surface area contributed by atoms with E-state index in [4.69, 9.17) is 32.7 Å². The number of aryl methyl sites for hydroxylation is 1. The fourth-order valence-electron chi connectivity index (χ4n) is 4.61. The summed E-state index contributed by atoms with van der Waals surface area (Å²) < 4.78 is 86.0. The molecule has 1 saturated heterocycles. The maximum Gasteiger partial charge on any atom is 0.387 e. The van der Waals surface area contributed by atoms with E-state index < -0.39 is 44.8 Å². The second-order valence-electron chi connectivity index (χ2n) is 10.4. The molecule has 0 spiro atoms. The minimum Gasteiger partial charge on any atom is -0.489 e. The van der Waals surface area contributed by atoms with E-state index in [9.17, 15) is 26.4 Å². The third kappa shape index (κ3) is 8.02. The number of thioether (sulfide) groups is 1. The normalized spacial score (nSPS) is 17.8. The number of alkyl halides is 2. The van der Waals surface area contributed by atoms with Crippen LogP contribution in [-0.4, -0.2) is 54.6 Å². The Morgan fingerprint density at radius 3 is 2.53 bits per heavy atom. The lowest BCUT2D eigenvalue weighted by Gasteiger charge is -2.26. The highest BCUT2D eigenvalue weighted by atomic mass is 79.9. The number of benzene rings is 2. The number of carbonyl (C=O) groups excluding carboxylic acids is 1. The standard InChI is InChI=1S/C29H26BrCl2F3N2O6S2/c1-15-8-26(22(33)11-19(15)30)45(39,40)37-6-7-44-27(37)28(38)42-24(10-18-20(31)12-36-13-21(18)32)17-4-5-23(43-29(34)35)25(9-17)41-14-16-2-3-16/h4-5,8-9,11-13,16,24,27,29H,2-3,6-7,10,14H2,1H3/t24-,27-/m0/s1. The average Bonchev–Trinajstić information content (AvgIpc) is 3.67. The van der Waals surface area contributed by atoms with Crippen LogP contribution in [0.25, 0.3) is 0 Å². The predicted molar refractivity (Wildman–Crippen MR) is 167 cm³/mol. The molecule has 1 aliphatic carbocycles. The molecule has 0 radical (unpaired) electrons. The maximum absolute atomic E-state index is 14.9. The van der Waals surface area contributed by atoms with Gasteiger partial charge >= 0.3 is 12.6 Å². The third-order valence-electron chi connectivity index (χ3n) is 7.18. The molecule has 5 rings (SSSR count). The van der Waals surface area contributed by atoms with E-state index in [0.717, 1.165) is 35.0 Å². The van der Waals surface area contributed by atoms with Gasteiger partial charge in [0.2, 0.25) is 10.0 Å². The van der Waals surface area contributed by atoms with Crippen molar-refractivity contribution in [2.45, 2.75) is 49.2 Å². The van der Waals surface area contributed by atoms with Gasteiger partial charge in [-0.15, -0.1) is 11.8 Å².